The maximum atomic E-state index is 13.6. The summed E-state index contributed by atoms with van der Waals surface area (Å²) in [5.74, 6) is -1.69. The number of ether oxygens (including phenoxy) is 1. The molecule has 1 aliphatic carbocycles. The summed E-state index contributed by atoms with van der Waals surface area (Å²) in [6.45, 7) is 4.98. The number of hydrogen-bond donors (Lipinski definition) is 1. The quantitative estimate of drug-likeness (QED) is 0.590. The Morgan fingerprint density at radius 3 is 2.59 bits per heavy atom. The molecule has 22 heavy (non-hydrogen) atoms. The molecule has 1 N–H and O–H groups in total. The average Bonchev–Trinajstić information content (AvgIpc) is 2.57. The van der Waals surface area contributed by atoms with Crippen LogP contribution in [-0.2, 0) is 9.53 Å². The summed E-state index contributed by atoms with van der Waals surface area (Å²) >= 11 is 0. The van der Waals surface area contributed by atoms with Crippen LogP contribution in [0.4, 0.5) is 8.78 Å². The van der Waals surface area contributed by atoms with Gasteiger partial charge in [-0.05, 0) is 32.4 Å². The summed E-state index contributed by atoms with van der Waals surface area (Å²) < 4.78 is 32.1. The second-order valence-corrected chi connectivity index (χ2v) is 5.88. The number of esters is 1. The smallest absolute Gasteiger partial charge is 0.385 e. The number of benzene rings is 1. The predicted molar refractivity (Wildman–Crippen MR) is 73.4 cm³/mol. The maximum absolute atomic E-state index is 13.6. The summed E-state index contributed by atoms with van der Waals surface area (Å²) in [7, 11) is 0. The second-order valence-electron chi connectivity index (χ2n) is 5.88. The van der Waals surface area contributed by atoms with Crippen molar-refractivity contribution in [2.75, 3.05) is 0 Å². The number of fused-ring (bicyclic) bond motifs is 1. The van der Waals surface area contributed by atoms with Crippen molar-refractivity contribution in [2.24, 2.45) is 0 Å². The molecule has 116 valence electrons. The minimum atomic E-state index is -3.88. The largest absolute Gasteiger partial charge is 0.450 e. The van der Waals surface area contributed by atoms with E-state index in [1.165, 1.54) is 18.2 Å². The topological polar surface area (TPSA) is 63.6 Å². The van der Waals surface area contributed by atoms with Crippen LogP contribution in [-0.4, -0.2) is 28.4 Å². The van der Waals surface area contributed by atoms with Gasteiger partial charge >= 0.3 is 11.9 Å². The van der Waals surface area contributed by atoms with Gasteiger partial charge in [0, 0.05) is 17.0 Å². The Balaban J connectivity index is 2.39. The Labute approximate surface area is 126 Å². The summed E-state index contributed by atoms with van der Waals surface area (Å²) in [6.07, 6.45) is -2.20. The Bertz CT molecular complexity index is 705. The van der Waals surface area contributed by atoms with Crippen LogP contribution in [0.2, 0.25) is 0 Å². The number of halogens is 2. The molecule has 1 atom stereocenters. The fourth-order valence-corrected chi connectivity index (χ4v) is 2.06. The molecule has 1 aromatic carbocycles. The molecular formula is C16H14F2O4. The molecule has 1 aromatic rings. The van der Waals surface area contributed by atoms with Gasteiger partial charge in [0.2, 0.25) is 5.78 Å². The molecule has 0 amide bonds. The molecule has 0 saturated carbocycles. The number of ketones is 1. The van der Waals surface area contributed by atoms with E-state index in [-0.39, 0.29) is 16.7 Å². The van der Waals surface area contributed by atoms with Crippen LogP contribution in [0.3, 0.4) is 0 Å². The number of carbonyl (C=O) groups is 2. The lowest BCUT2D eigenvalue weighted by molar-refractivity contribution is -0.147. The highest BCUT2D eigenvalue weighted by atomic mass is 19.3. The lowest BCUT2D eigenvalue weighted by Crippen LogP contribution is -2.28. The van der Waals surface area contributed by atoms with Crippen molar-refractivity contribution < 1.29 is 28.2 Å². The minimum absolute atomic E-state index is 0.0374. The highest BCUT2D eigenvalue weighted by molar-refractivity contribution is 6.08. The van der Waals surface area contributed by atoms with Crippen LogP contribution in [0.25, 0.3) is 0 Å². The van der Waals surface area contributed by atoms with Crippen molar-refractivity contribution in [1.29, 1.82) is 0 Å². The number of aliphatic hydroxyl groups excluding tert-OH is 1. The molecule has 1 unspecified atom stereocenters. The van der Waals surface area contributed by atoms with Crippen molar-refractivity contribution in [3.05, 3.63) is 34.9 Å². The third kappa shape index (κ3) is 2.85. The van der Waals surface area contributed by atoms with E-state index in [9.17, 15) is 23.5 Å². The zero-order valence-electron chi connectivity index (χ0n) is 12.2. The maximum Gasteiger partial charge on any atom is 0.385 e. The number of rotatable bonds is 0. The highest BCUT2D eigenvalue weighted by Crippen LogP contribution is 2.43. The van der Waals surface area contributed by atoms with Gasteiger partial charge in [-0.2, -0.15) is 8.78 Å². The van der Waals surface area contributed by atoms with Gasteiger partial charge in [0.05, 0.1) is 0 Å². The van der Waals surface area contributed by atoms with Gasteiger partial charge in [-0.25, -0.2) is 4.79 Å². The Morgan fingerprint density at radius 2 is 2.00 bits per heavy atom. The average molecular weight is 308 g/mol. The second kappa shape index (κ2) is 5.18. The molecule has 0 bridgehead atoms. The fourth-order valence-electron chi connectivity index (χ4n) is 2.06. The van der Waals surface area contributed by atoms with Crippen molar-refractivity contribution in [3.63, 3.8) is 0 Å². The van der Waals surface area contributed by atoms with E-state index in [1.54, 1.807) is 20.8 Å². The van der Waals surface area contributed by atoms with Gasteiger partial charge in [-0.15, -0.1) is 0 Å². The lowest BCUT2D eigenvalue weighted by Gasteiger charge is -2.16. The molecule has 0 fully saturated rings. The molecule has 0 saturated heterocycles. The summed E-state index contributed by atoms with van der Waals surface area (Å²) in [5, 5.41) is 9.52. The summed E-state index contributed by atoms with van der Waals surface area (Å²) in [6, 6.07) is 3.95. The summed E-state index contributed by atoms with van der Waals surface area (Å²) in [5.41, 5.74) is -1.31. The molecule has 1 aliphatic rings. The first-order valence-electron chi connectivity index (χ1n) is 6.52. The van der Waals surface area contributed by atoms with Crippen molar-refractivity contribution in [1.82, 2.24) is 0 Å². The normalized spacial score (nSPS) is 19.2. The van der Waals surface area contributed by atoms with E-state index in [1.807, 2.05) is 0 Å². The van der Waals surface area contributed by atoms with E-state index in [0.29, 0.717) is 0 Å². The third-order valence-corrected chi connectivity index (χ3v) is 2.96. The number of Topliss-reactive ketones (excluding diaryl/α,β-unsaturated/α-hetero) is 1. The molecule has 6 heteroatoms. The molecule has 0 heterocycles. The van der Waals surface area contributed by atoms with E-state index >= 15 is 0 Å². The van der Waals surface area contributed by atoms with Crippen molar-refractivity contribution in [2.45, 2.75) is 38.4 Å². The van der Waals surface area contributed by atoms with Crippen LogP contribution in [0.5, 0.6) is 0 Å². The standard InChI is InChI=1S/C16H14F2O4/c1-15(2,3)22-11(19)8-7-9-5-4-6-10-12(9)14(21)16(17,18)13(10)20/h4-6,13,20H,1-3H3. The monoisotopic (exact) mass is 308 g/mol. The lowest BCUT2D eigenvalue weighted by atomic mass is 10.0. The van der Waals surface area contributed by atoms with Crippen LogP contribution >= 0.6 is 0 Å². The minimum Gasteiger partial charge on any atom is -0.450 e. The number of alkyl halides is 2. The van der Waals surface area contributed by atoms with Crippen molar-refractivity contribution >= 4 is 11.8 Å². The van der Waals surface area contributed by atoms with Crippen molar-refractivity contribution in [3.8, 4) is 11.8 Å². The summed E-state index contributed by atoms with van der Waals surface area (Å²) in [4.78, 5) is 23.3. The van der Waals surface area contributed by atoms with Gasteiger partial charge in [0.25, 0.3) is 0 Å². The number of hydrogen-bond acceptors (Lipinski definition) is 4. The van der Waals surface area contributed by atoms with E-state index in [4.69, 9.17) is 4.74 Å². The highest BCUT2D eigenvalue weighted by Gasteiger charge is 2.55. The van der Waals surface area contributed by atoms with Crippen LogP contribution in [0.15, 0.2) is 18.2 Å². The first kappa shape index (κ1) is 16.1. The van der Waals surface area contributed by atoms with Gasteiger partial charge in [-0.1, -0.05) is 18.1 Å². The Hall–Kier alpha value is -2.26. The van der Waals surface area contributed by atoms with Crippen LogP contribution < -0.4 is 0 Å². The predicted octanol–water partition coefficient (Wildman–Crippen LogP) is 2.24. The number of carbonyl (C=O) groups excluding carboxylic acids is 2. The first-order chi connectivity index (χ1) is 10.0. The zero-order valence-corrected chi connectivity index (χ0v) is 12.2. The van der Waals surface area contributed by atoms with E-state index in [2.05, 4.69) is 11.8 Å². The SMILES string of the molecule is CC(C)(C)OC(=O)C#Cc1cccc2c1C(=O)C(F)(F)C2O. The van der Waals surface area contributed by atoms with Gasteiger partial charge in [-0.3, -0.25) is 4.79 Å². The molecule has 0 aromatic heterocycles. The van der Waals surface area contributed by atoms with Gasteiger partial charge < -0.3 is 9.84 Å². The van der Waals surface area contributed by atoms with Crippen LogP contribution in [0, 0.1) is 11.8 Å². The Morgan fingerprint density at radius 1 is 1.36 bits per heavy atom. The molecule has 4 nitrogen and oxygen atoms in total. The van der Waals surface area contributed by atoms with E-state index < -0.39 is 29.4 Å². The van der Waals surface area contributed by atoms with E-state index in [0.717, 1.165) is 0 Å². The van der Waals surface area contributed by atoms with Gasteiger partial charge in [0.1, 0.15) is 5.60 Å². The molecule has 0 radical (unpaired) electrons. The molecule has 0 aliphatic heterocycles. The first-order valence-corrected chi connectivity index (χ1v) is 6.52. The Kier molecular flexibility index (Phi) is 3.80. The molecular weight excluding hydrogens is 294 g/mol. The molecule has 0 spiro atoms. The zero-order chi connectivity index (χ0) is 16.7. The molecule has 2 rings (SSSR count). The fraction of sp³-hybridized carbons (Fsp3) is 0.375. The van der Waals surface area contributed by atoms with Crippen LogP contribution in [0.1, 0.15) is 48.4 Å². The third-order valence-electron chi connectivity index (χ3n) is 2.96. The number of aliphatic hydroxyl groups is 1. The van der Waals surface area contributed by atoms with Gasteiger partial charge in [0.15, 0.2) is 6.10 Å².